The molecular formula is C20H13N3O3S2. The molecule has 2 aromatic heterocycles. The van der Waals surface area contributed by atoms with Crippen LogP contribution in [0.1, 0.15) is 10.4 Å². The lowest BCUT2D eigenvalue weighted by Gasteiger charge is -2.18. The maximum Gasteiger partial charge on any atom is 0.279 e. The van der Waals surface area contributed by atoms with Crippen LogP contribution in [0.3, 0.4) is 0 Å². The van der Waals surface area contributed by atoms with Gasteiger partial charge in [0.05, 0.1) is 32.5 Å². The van der Waals surface area contributed by atoms with Crippen LogP contribution in [0.2, 0.25) is 0 Å². The molecule has 6 nitrogen and oxygen atoms in total. The molecule has 0 unspecified atom stereocenters. The van der Waals surface area contributed by atoms with Crippen LogP contribution in [0.25, 0.3) is 20.4 Å². The van der Waals surface area contributed by atoms with Crippen molar-refractivity contribution in [2.75, 3.05) is 13.2 Å². The summed E-state index contributed by atoms with van der Waals surface area (Å²) in [5, 5.41) is 0. The Kier molecular flexibility index (Phi) is 4.11. The molecule has 0 aliphatic carbocycles. The molecule has 138 valence electrons. The number of ether oxygens (including phenoxy) is 2. The summed E-state index contributed by atoms with van der Waals surface area (Å²) in [5.41, 5.74) is 4.02. The molecule has 0 spiro atoms. The van der Waals surface area contributed by atoms with Crippen molar-refractivity contribution in [2.45, 2.75) is 6.54 Å². The second-order valence-corrected chi connectivity index (χ2v) is 7.99. The predicted octanol–water partition coefficient (Wildman–Crippen LogP) is 3.46. The number of rotatable bonds is 2. The molecule has 0 saturated carbocycles. The van der Waals surface area contributed by atoms with E-state index in [-0.39, 0.29) is 5.91 Å². The quantitative estimate of drug-likeness (QED) is 0.478. The van der Waals surface area contributed by atoms with Crippen LogP contribution in [-0.2, 0) is 6.54 Å². The van der Waals surface area contributed by atoms with Gasteiger partial charge in [-0.15, -0.1) is 17.8 Å². The van der Waals surface area contributed by atoms with Gasteiger partial charge in [0.25, 0.3) is 5.91 Å². The Hall–Kier alpha value is -3.15. The highest BCUT2D eigenvalue weighted by atomic mass is 32.1. The Bertz CT molecular complexity index is 1340. The molecule has 0 atom stereocenters. The monoisotopic (exact) mass is 407 g/mol. The highest BCUT2D eigenvalue weighted by Crippen LogP contribution is 2.35. The van der Waals surface area contributed by atoms with E-state index < -0.39 is 0 Å². The minimum atomic E-state index is -0.315. The minimum absolute atomic E-state index is 0.305. The Morgan fingerprint density at radius 1 is 1.21 bits per heavy atom. The number of benzene rings is 2. The zero-order chi connectivity index (χ0) is 19.1. The fourth-order valence-electron chi connectivity index (χ4n) is 3.08. The lowest BCUT2D eigenvalue weighted by Crippen LogP contribution is -2.17. The number of carbonyl (C=O) groups excluding carboxylic acids is 1. The van der Waals surface area contributed by atoms with Crippen LogP contribution in [0.4, 0.5) is 0 Å². The van der Waals surface area contributed by atoms with Crippen LogP contribution in [0.5, 0.6) is 11.5 Å². The average molecular weight is 407 g/mol. The largest absolute Gasteiger partial charge is 0.486 e. The molecule has 1 aliphatic heterocycles. The van der Waals surface area contributed by atoms with Gasteiger partial charge in [-0.3, -0.25) is 4.79 Å². The second-order valence-electron chi connectivity index (χ2n) is 6.09. The average Bonchev–Trinajstić information content (AvgIpc) is 3.30. The van der Waals surface area contributed by atoms with Gasteiger partial charge >= 0.3 is 0 Å². The SMILES string of the molecule is C#CCn1c(=NC(=O)c2ccc3ncsc3c2)sc2cc3c(cc21)OCCO3. The number of aromatic nitrogens is 2. The summed E-state index contributed by atoms with van der Waals surface area (Å²) in [5.74, 6) is 3.69. The van der Waals surface area contributed by atoms with Crippen molar-refractivity contribution in [3.8, 4) is 23.8 Å². The maximum atomic E-state index is 12.8. The van der Waals surface area contributed by atoms with Crippen molar-refractivity contribution in [3.05, 3.63) is 46.2 Å². The highest BCUT2D eigenvalue weighted by Gasteiger charge is 2.17. The molecule has 0 N–H and O–H groups in total. The summed E-state index contributed by atoms with van der Waals surface area (Å²) in [7, 11) is 0. The first-order valence-electron chi connectivity index (χ1n) is 8.52. The molecule has 0 saturated heterocycles. The molecule has 0 radical (unpaired) electrons. The van der Waals surface area contributed by atoms with E-state index in [1.807, 2.05) is 28.8 Å². The topological polar surface area (TPSA) is 65.7 Å². The van der Waals surface area contributed by atoms with Crippen molar-refractivity contribution in [2.24, 2.45) is 4.99 Å². The summed E-state index contributed by atoms with van der Waals surface area (Å²) in [6.45, 7) is 1.33. The Morgan fingerprint density at radius 3 is 2.86 bits per heavy atom. The third kappa shape index (κ3) is 2.85. The lowest BCUT2D eigenvalue weighted by molar-refractivity contribution is 0.0998. The van der Waals surface area contributed by atoms with E-state index in [0.29, 0.717) is 41.6 Å². The first-order valence-corrected chi connectivity index (χ1v) is 10.2. The van der Waals surface area contributed by atoms with Gasteiger partial charge in [0, 0.05) is 17.7 Å². The molecule has 4 aromatic rings. The fraction of sp³-hybridized carbons (Fsp3) is 0.150. The van der Waals surface area contributed by atoms with Crippen molar-refractivity contribution in [3.63, 3.8) is 0 Å². The number of carbonyl (C=O) groups is 1. The van der Waals surface area contributed by atoms with Gasteiger partial charge in [-0.05, 0) is 18.2 Å². The van der Waals surface area contributed by atoms with Crippen LogP contribution >= 0.6 is 22.7 Å². The Morgan fingerprint density at radius 2 is 2.04 bits per heavy atom. The van der Waals surface area contributed by atoms with E-state index >= 15 is 0 Å². The first kappa shape index (κ1) is 17.0. The van der Waals surface area contributed by atoms with Crippen LogP contribution in [-0.4, -0.2) is 28.7 Å². The molecular weight excluding hydrogens is 394 g/mol. The summed E-state index contributed by atoms with van der Waals surface area (Å²) in [4.78, 5) is 21.9. The summed E-state index contributed by atoms with van der Waals surface area (Å²) in [6, 6.07) is 9.20. The van der Waals surface area contributed by atoms with Gasteiger partial charge in [0.1, 0.15) is 13.2 Å². The second kappa shape index (κ2) is 6.78. The number of hydrogen-bond acceptors (Lipinski definition) is 6. The number of hydrogen-bond donors (Lipinski definition) is 0. The molecule has 2 aromatic carbocycles. The third-order valence-electron chi connectivity index (χ3n) is 4.37. The smallest absolute Gasteiger partial charge is 0.279 e. The van der Waals surface area contributed by atoms with E-state index in [0.717, 1.165) is 20.4 Å². The third-order valence-corrected chi connectivity index (χ3v) is 6.20. The predicted molar refractivity (Wildman–Crippen MR) is 109 cm³/mol. The molecule has 5 rings (SSSR count). The molecule has 28 heavy (non-hydrogen) atoms. The van der Waals surface area contributed by atoms with Crippen LogP contribution in [0.15, 0.2) is 40.8 Å². The molecule has 8 heteroatoms. The lowest BCUT2D eigenvalue weighted by atomic mass is 10.2. The van der Waals surface area contributed by atoms with Gasteiger partial charge in [-0.1, -0.05) is 17.3 Å². The van der Waals surface area contributed by atoms with E-state index in [1.165, 1.54) is 22.7 Å². The minimum Gasteiger partial charge on any atom is -0.486 e. The van der Waals surface area contributed by atoms with Gasteiger partial charge in [-0.25, -0.2) is 4.98 Å². The van der Waals surface area contributed by atoms with Crippen molar-refractivity contribution < 1.29 is 14.3 Å². The normalized spacial score (nSPS) is 13.8. The van der Waals surface area contributed by atoms with Gasteiger partial charge in [-0.2, -0.15) is 4.99 Å². The van der Waals surface area contributed by atoms with Crippen molar-refractivity contribution >= 4 is 49.0 Å². The zero-order valence-electron chi connectivity index (χ0n) is 14.5. The van der Waals surface area contributed by atoms with Crippen molar-refractivity contribution in [1.29, 1.82) is 0 Å². The van der Waals surface area contributed by atoms with E-state index in [2.05, 4.69) is 15.9 Å². The summed E-state index contributed by atoms with van der Waals surface area (Å²) >= 11 is 2.89. The Labute approximate surface area is 167 Å². The number of terminal acetylenes is 1. The van der Waals surface area contributed by atoms with Crippen LogP contribution < -0.4 is 14.3 Å². The molecule has 0 bridgehead atoms. The number of thiazole rings is 2. The summed E-state index contributed by atoms with van der Waals surface area (Å²) < 4.78 is 15.1. The molecule has 3 heterocycles. The number of nitrogens with zero attached hydrogens (tertiary/aromatic N) is 3. The zero-order valence-corrected chi connectivity index (χ0v) is 16.2. The molecule has 0 fully saturated rings. The van der Waals surface area contributed by atoms with Crippen molar-refractivity contribution in [1.82, 2.24) is 9.55 Å². The molecule has 1 amide bonds. The first-order chi connectivity index (χ1) is 13.7. The van der Waals surface area contributed by atoms with Gasteiger partial charge in [0.15, 0.2) is 16.3 Å². The van der Waals surface area contributed by atoms with Crippen LogP contribution in [0, 0.1) is 12.3 Å². The van der Waals surface area contributed by atoms with Gasteiger partial charge in [0.2, 0.25) is 0 Å². The van der Waals surface area contributed by atoms with E-state index in [9.17, 15) is 4.79 Å². The number of amides is 1. The fourth-order valence-corrected chi connectivity index (χ4v) is 4.83. The van der Waals surface area contributed by atoms with Gasteiger partial charge < -0.3 is 14.0 Å². The Balaban J connectivity index is 1.64. The molecule has 1 aliphatic rings. The number of fused-ring (bicyclic) bond motifs is 3. The summed E-state index contributed by atoms with van der Waals surface area (Å²) in [6.07, 6.45) is 5.56. The van der Waals surface area contributed by atoms with E-state index in [4.69, 9.17) is 15.9 Å². The van der Waals surface area contributed by atoms with E-state index in [1.54, 1.807) is 11.6 Å². The standard InChI is InChI=1S/C20H13N3O3S2/c1-2-5-23-14-9-15-16(26-7-6-25-15)10-18(14)28-20(23)22-19(24)12-3-4-13-17(8-12)27-11-21-13/h1,3-4,8-11H,5-7H2. The maximum absolute atomic E-state index is 12.8. The highest BCUT2D eigenvalue weighted by molar-refractivity contribution is 7.17.